The highest BCUT2D eigenvalue weighted by Gasteiger charge is 2.48. The van der Waals surface area contributed by atoms with Crippen molar-refractivity contribution in [3.05, 3.63) is 12.0 Å². The number of unbranched alkanes of at least 4 members (excludes halogenated alkanes) is 1. The van der Waals surface area contributed by atoms with Gasteiger partial charge in [-0.2, -0.15) is 5.10 Å². The molecule has 3 heterocycles. The van der Waals surface area contributed by atoms with E-state index in [9.17, 15) is 29.7 Å². The molecule has 1 aliphatic heterocycles. The molecule has 1 saturated carbocycles. The second kappa shape index (κ2) is 11.0. The van der Waals surface area contributed by atoms with Crippen LogP contribution in [0.3, 0.4) is 0 Å². The smallest absolute Gasteiger partial charge is 0.359 e. The molecule has 1 aliphatic carbocycles. The molecule has 14 heteroatoms. The third-order valence-corrected chi connectivity index (χ3v) is 8.50. The van der Waals surface area contributed by atoms with Gasteiger partial charge in [-0.15, -0.1) is 0 Å². The van der Waals surface area contributed by atoms with Crippen molar-refractivity contribution in [3.8, 4) is 0 Å². The van der Waals surface area contributed by atoms with E-state index in [1.54, 1.807) is 6.20 Å². The van der Waals surface area contributed by atoms with Crippen LogP contribution in [0.4, 0.5) is 5.82 Å². The number of hydrogen-bond acceptors (Lipinski definition) is 10. The highest BCUT2D eigenvalue weighted by Crippen LogP contribution is 2.51. The summed E-state index contributed by atoms with van der Waals surface area (Å²) < 4.78 is 24.2. The first kappa shape index (κ1) is 27.3. The molecule has 2 aliphatic rings. The monoisotopic (exact) mass is 529 g/mol. The van der Waals surface area contributed by atoms with Crippen LogP contribution in [-0.2, 0) is 20.5 Å². The maximum atomic E-state index is 11.7. The Kier molecular flexibility index (Phi) is 8.32. The van der Waals surface area contributed by atoms with Gasteiger partial charge in [-0.05, 0) is 26.2 Å². The van der Waals surface area contributed by atoms with Gasteiger partial charge in [0.15, 0.2) is 17.2 Å². The molecule has 4 rings (SSSR count). The Labute approximate surface area is 209 Å². The summed E-state index contributed by atoms with van der Waals surface area (Å²) in [4.78, 5) is 28.4. The molecule has 2 fully saturated rings. The lowest BCUT2D eigenvalue weighted by Crippen LogP contribution is -2.39. The Morgan fingerprint density at radius 3 is 2.61 bits per heavy atom. The van der Waals surface area contributed by atoms with Crippen LogP contribution in [0.15, 0.2) is 6.20 Å². The zero-order valence-corrected chi connectivity index (χ0v) is 21.4. The zero-order chi connectivity index (χ0) is 26.1. The molecule has 0 bridgehead atoms. The number of anilines is 1. The van der Waals surface area contributed by atoms with E-state index < -0.39 is 50.7 Å². The average molecular weight is 530 g/mol. The molecule has 0 radical (unpaired) electrons. The Morgan fingerprint density at radius 1 is 1.25 bits per heavy atom. The molecule has 5 atom stereocenters. The van der Waals surface area contributed by atoms with Gasteiger partial charge in [-0.3, -0.25) is 4.57 Å². The number of rotatable bonds is 11. The summed E-state index contributed by atoms with van der Waals surface area (Å²) in [6, 6.07) is 0.317. The van der Waals surface area contributed by atoms with Gasteiger partial charge >= 0.3 is 7.60 Å². The van der Waals surface area contributed by atoms with Gasteiger partial charge in [0.05, 0.1) is 24.8 Å². The summed E-state index contributed by atoms with van der Waals surface area (Å²) in [5.74, 6) is 1.32. The van der Waals surface area contributed by atoms with E-state index in [0.29, 0.717) is 35.1 Å². The Balaban J connectivity index is 1.60. The van der Waals surface area contributed by atoms with Crippen molar-refractivity contribution in [1.82, 2.24) is 19.7 Å². The van der Waals surface area contributed by atoms with E-state index in [1.165, 1.54) is 4.68 Å². The normalized spacial score (nSPS) is 27.1. The lowest BCUT2D eigenvalue weighted by Gasteiger charge is -2.29. The topological polar surface area (TPSA) is 192 Å². The van der Waals surface area contributed by atoms with E-state index in [2.05, 4.69) is 22.3 Å². The van der Waals surface area contributed by atoms with Gasteiger partial charge in [0, 0.05) is 12.5 Å². The fourth-order valence-electron chi connectivity index (χ4n) is 4.53. The first-order valence-electron chi connectivity index (χ1n) is 12.4. The minimum Gasteiger partial charge on any atom is -0.393 e. The van der Waals surface area contributed by atoms with Gasteiger partial charge < -0.3 is 39.9 Å². The number of hydrogen-bond donors (Lipinski definition) is 6. The number of fused-ring (bicyclic) bond motifs is 1. The van der Waals surface area contributed by atoms with Crippen molar-refractivity contribution in [1.29, 1.82) is 0 Å². The van der Waals surface area contributed by atoms with Gasteiger partial charge in [0.2, 0.25) is 0 Å². The van der Waals surface area contributed by atoms with E-state index in [4.69, 9.17) is 14.5 Å². The van der Waals surface area contributed by atoms with Crippen LogP contribution < -0.4 is 5.32 Å². The lowest BCUT2D eigenvalue weighted by atomic mass is 10.1. The molecular formula is C22H36N5O8P. The molecule has 1 saturated heterocycles. The summed E-state index contributed by atoms with van der Waals surface area (Å²) in [5, 5.41) is 37.2. The highest BCUT2D eigenvalue weighted by atomic mass is 31.2. The Morgan fingerprint density at radius 2 is 1.97 bits per heavy atom. The standard InChI is InChI=1S/C22H36N5O8P/c1-3-4-9-16-25-19(24-13-7-5-6-8-13)14-10-23-27(20(14)26-16)21-18(30)17(29)15(35-21)11-34-22(2,12-28)36(31,32)33/h10,13,15,17-18,21,28-30H,3-9,11-12H2,1-2H3,(H,24,25,26)(H2,31,32,33)/t15-,17-,18-,21-,22?/m1/s1. The molecule has 0 aromatic carbocycles. The average Bonchev–Trinajstić information content (AvgIpc) is 3.56. The molecule has 36 heavy (non-hydrogen) atoms. The predicted octanol–water partition coefficient (Wildman–Crippen LogP) is 1.05. The number of aliphatic hydroxyl groups excluding tert-OH is 3. The first-order chi connectivity index (χ1) is 17.1. The molecule has 13 nitrogen and oxygen atoms in total. The van der Waals surface area contributed by atoms with Gasteiger partial charge in [-0.1, -0.05) is 26.2 Å². The number of nitrogens with one attached hydrogen (secondary N) is 1. The number of ether oxygens (including phenoxy) is 2. The SMILES string of the molecule is CCCCc1nc(NC2CCCC2)c2cnn([C@@H]3O[C@H](COC(C)(CO)P(=O)(O)O)[C@@H](O)[C@H]3O)c2n1. The minimum atomic E-state index is -4.82. The van der Waals surface area contributed by atoms with Crippen molar-refractivity contribution >= 4 is 24.4 Å². The number of aryl methyl sites for hydroxylation is 1. The van der Waals surface area contributed by atoms with Gasteiger partial charge in [0.1, 0.15) is 30.0 Å². The van der Waals surface area contributed by atoms with Gasteiger partial charge in [-0.25, -0.2) is 14.6 Å². The first-order valence-corrected chi connectivity index (χ1v) is 14.0. The van der Waals surface area contributed by atoms with Crippen LogP contribution in [-0.4, -0.2) is 87.8 Å². The molecule has 0 spiro atoms. The van der Waals surface area contributed by atoms with Crippen LogP contribution in [0.25, 0.3) is 11.0 Å². The van der Waals surface area contributed by atoms with E-state index in [0.717, 1.165) is 45.4 Å². The summed E-state index contributed by atoms with van der Waals surface area (Å²) in [6.45, 7) is 1.74. The summed E-state index contributed by atoms with van der Waals surface area (Å²) in [5.41, 5.74) is 0.449. The summed E-state index contributed by atoms with van der Waals surface area (Å²) >= 11 is 0. The van der Waals surface area contributed by atoms with Crippen LogP contribution in [0.5, 0.6) is 0 Å². The largest absolute Gasteiger partial charge is 0.393 e. The maximum absolute atomic E-state index is 11.7. The summed E-state index contributed by atoms with van der Waals surface area (Å²) in [7, 11) is -4.82. The molecule has 1 unspecified atom stereocenters. The predicted molar refractivity (Wildman–Crippen MR) is 129 cm³/mol. The third-order valence-electron chi connectivity index (χ3n) is 7.00. The van der Waals surface area contributed by atoms with Crippen LogP contribution in [0.2, 0.25) is 0 Å². The fraction of sp³-hybridized carbons (Fsp3) is 0.773. The van der Waals surface area contributed by atoms with E-state index >= 15 is 0 Å². The number of aromatic nitrogens is 4. The fourth-order valence-corrected chi connectivity index (χ4v) is 4.96. The molecule has 6 N–H and O–H groups in total. The zero-order valence-electron chi connectivity index (χ0n) is 20.5. The van der Waals surface area contributed by atoms with Crippen molar-refractivity contribution in [2.45, 2.75) is 94.7 Å². The minimum absolute atomic E-state index is 0.317. The van der Waals surface area contributed by atoms with E-state index in [-0.39, 0.29) is 0 Å². The van der Waals surface area contributed by atoms with Crippen LogP contribution in [0.1, 0.15) is 64.4 Å². The number of aliphatic hydroxyl groups is 3. The molecule has 2 aromatic rings. The summed E-state index contributed by atoms with van der Waals surface area (Å²) in [6.07, 6.45) is 3.53. The van der Waals surface area contributed by atoms with Crippen molar-refractivity contribution in [3.63, 3.8) is 0 Å². The molecule has 202 valence electrons. The van der Waals surface area contributed by atoms with Gasteiger partial charge in [0.25, 0.3) is 0 Å². The third kappa shape index (κ3) is 5.44. The van der Waals surface area contributed by atoms with Crippen molar-refractivity contribution < 1.29 is 39.1 Å². The van der Waals surface area contributed by atoms with Crippen LogP contribution >= 0.6 is 7.60 Å². The molecule has 0 amide bonds. The quantitative estimate of drug-likeness (QED) is 0.227. The Bertz CT molecular complexity index is 1090. The molecule has 2 aromatic heterocycles. The van der Waals surface area contributed by atoms with Crippen LogP contribution in [0, 0.1) is 0 Å². The second-order valence-corrected chi connectivity index (χ2v) is 11.8. The van der Waals surface area contributed by atoms with Crippen molar-refractivity contribution in [2.24, 2.45) is 0 Å². The number of nitrogens with zero attached hydrogens (tertiary/aromatic N) is 4. The van der Waals surface area contributed by atoms with E-state index in [1.807, 2.05) is 0 Å². The Hall–Kier alpha value is -1.70. The second-order valence-electron chi connectivity index (χ2n) is 9.78. The highest BCUT2D eigenvalue weighted by molar-refractivity contribution is 7.53. The maximum Gasteiger partial charge on any atom is 0.359 e. The van der Waals surface area contributed by atoms with Crippen molar-refractivity contribution in [2.75, 3.05) is 18.5 Å². The lowest BCUT2D eigenvalue weighted by molar-refractivity contribution is -0.104. The molecular weight excluding hydrogens is 493 g/mol.